The van der Waals surface area contributed by atoms with Crippen molar-refractivity contribution in [1.82, 2.24) is 0 Å². The van der Waals surface area contributed by atoms with Crippen LogP contribution in [0.25, 0.3) is 5.57 Å². The highest BCUT2D eigenvalue weighted by Gasteiger charge is 2.61. The fourth-order valence-electron chi connectivity index (χ4n) is 7.28. The van der Waals surface area contributed by atoms with Crippen molar-refractivity contribution >= 4 is 23.0 Å². The third-order valence-electron chi connectivity index (χ3n) is 8.96. The largest absolute Gasteiger partial charge is 0.508 e. The van der Waals surface area contributed by atoms with E-state index >= 15 is 0 Å². The SMILES string of the molecule is C=C1c2c(O)c(C3CCCC3)cc(N(C)C)c2C[C@H]2C[C@H]3CC(=O)C(C(N)=O)=C(O)[C@@]3(O)C(O)C12. The van der Waals surface area contributed by atoms with E-state index in [2.05, 4.69) is 12.6 Å². The number of rotatable bonds is 3. The lowest BCUT2D eigenvalue weighted by molar-refractivity contribution is -0.169. The van der Waals surface area contributed by atoms with Crippen molar-refractivity contribution < 1.29 is 30.0 Å². The highest BCUT2D eigenvalue weighted by atomic mass is 16.4. The lowest BCUT2D eigenvalue weighted by atomic mass is 9.54. The molecule has 0 aromatic heterocycles. The maximum atomic E-state index is 12.6. The number of nitrogens with two attached hydrogens (primary N) is 1. The van der Waals surface area contributed by atoms with Crippen LogP contribution in [0.2, 0.25) is 0 Å². The second-order valence-electron chi connectivity index (χ2n) is 11.0. The van der Waals surface area contributed by atoms with E-state index in [0.717, 1.165) is 42.5 Å². The molecule has 2 fully saturated rings. The molecular weight excluding hydrogens is 448 g/mol. The number of nitrogens with zero attached hydrogens (tertiary/aromatic N) is 1. The molecule has 0 saturated heterocycles. The molecule has 0 bridgehead atoms. The van der Waals surface area contributed by atoms with Gasteiger partial charge in [-0.05, 0) is 60.3 Å². The Morgan fingerprint density at radius 1 is 1.20 bits per heavy atom. The Bertz CT molecular complexity index is 1160. The highest BCUT2D eigenvalue weighted by molar-refractivity contribution is 6.20. The van der Waals surface area contributed by atoms with Gasteiger partial charge in [0.05, 0.1) is 6.10 Å². The minimum Gasteiger partial charge on any atom is -0.508 e. The number of aliphatic hydroxyl groups is 3. The summed E-state index contributed by atoms with van der Waals surface area (Å²) in [6.07, 6.45) is 3.39. The van der Waals surface area contributed by atoms with Gasteiger partial charge in [-0.2, -0.15) is 0 Å². The number of phenolic OH excluding ortho intramolecular Hbond substituents is 1. The number of aliphatic hydroxyl groups excluding tert-OH is 2. The number of Topliss-reactive ketones (excluding diaryl/α,β-unsaturated/α-hetero) is 1. The van der Waals surface area contributed by atoms with Crippen molar-refractivity contribution in [3.63, 3.8) is 0 Å². The summed E-state index contributed by atoms with van der Waals surface area (Å²) in [6.45, 7) is 4.28. The van der Waals surface area contributed by atoms with Gasteiger partial charge in [0, 0.05) is 43.6 Å². The monoisotopic (exact) mass is 482 g/mol. The molecule has 0 radical (unpaired) electrons. The Morgan fingerprint density at radius 3 is 2.46 bits per heavy atom. The van der Waals surface area contributed by atoms with Crippen molar-refractivity contribution in [3.05, 3.63) is 40.7 Å². The zero-order chi connectivity index (χ0) is 25.4. The highest BCUT2D eigenvalue weighted by Crippen LogP contribution is 2.58. The molecule has 1 aromatic carbocycles. The maximum absolute atomic E-state index is 12.6. The van der Waals surface area contributed by atoms with Crippen LogP contribution in [0.15, 0.2) is 24.0 Å². The molecule has 6 N–H and O–H groups in total. The first-order valence-corrected chi connectivity index (χ1v) is 12.4. The van der Waals surface area contributed by atoms with E-state index in [-0.39, 0.29) is 24.0 Å². The number of carbonyl (C=O) groups is 2. The summed E-state index contributed by atoms with van der Waals surface area (Å²) in [6, 6.07) is 2.07. The van der Waals surface area contributed by atoms with Gasteiger partial charge in [0.15, 0.2) is 11.4 Å². The number of benzene rings is 1. The number of anilines is 1. The average molecular weight is 483 g/mol. The molecule has 2 unspecified atom stereocenters. The molecule has 5 atom stereocenters. The van der Waals surface area contributed by atoms with Gasteiger partial charge in [0.2, 0.25) is 0 Å². The lowest BCUT2D eigenvalue weighted by Crippen LogP contribution is -2.63. The van der Waals surface area contributed by atoms with Gasteiger partial charge >= 0.3 is 0 Å². The quantitative estimate of drug-likeness (QED) is 0.416. The van der Waals surface area contributed by atoms with Gasteiger partial charge < -0.3 is 31.1 Å². The first kappa shape index (κ1) is 23.9. The third-order valence-corrected chi connectivity index (χ3v) is 8.96. The van der Waals surface area contributed by atoms with Crippen LogP contribution in [0.4, 0.5) is 5.69 Å². The number of primary amides is 1. The second kappa shape index (κ2) is 8.10. The first-order valence-electron chi connectivity index (χ1n) is 12.4. The molecule has 8 nitrogen and oxygen atoms in total. The fourth-order valence-corrected chi connectivity index (χ4v) is 7.28. The zero-order valence-electron chi connectivity index (χ0n) is 20.3. The van der Waals surface area contributed by atoms with Crippen LogP contribution < -0.4 is 10.6 Å². The molecule has 4 aliphatic carbocycles. The molecule has 0 spiro atoms. The summed E-state index contributed by atoms with van der Waals surface area (Å²) in [5, 5.41) is 45.4. The Hall–Kier alpha value is -2.84. The number of hydrogen-bond donors (Lipinski definition) is 5. The van der Waals surface area contributed by atoms with Gasteiger partial charge in [-0.3, -0.25) is 9.59 Å². The Balaban J connectivity index is 1.65. The molecule has 188 valence electrons. The number of carbonyl (C=O) groups excluding carboxylic acids is 2. The van der Waals surface area contributed by atoms with Crippen LogP contribution >= 0.6 is 0 Å². The van der Waals surface area contributed by atoms with Crippen molar-refractivity contribution in [2.75, 3.05) is 19.0 Å². The van der Waals surface area contributed by atoms with Crippen molar-refractivity contribution in [1.29, 1.82) is 0 Å². The Labute approximate surface area is 204 Å². The molecule has 4 aliphatic rings. The molecule has 0 heterocycles. The summed E-state index contributed by atoms with van der Waals surface area (Å²) >= 11 is 0. The van der Waals surface area contributed by atoms with Gasteiger partial charge in [-0.25, -0.2) is 0 Å². The van der Waals surface area contributed by atoms with Crippen LogP contribution in [0, 0.1) is 17.8 Å². The van der Waals surface area contributed by atoms with E-state index in [0.29, 0.717) is 24.0 Å². The van der Waals surface area contributed by atoms with Crippen LogP contribution in [-0.2, 0) is 16.0 Å². The molecular formula is C27H34N2O6. The standard InChI is InChI=1S/C27H34N2O6/c1-12-20-14(8-15-10-19(30)22(26(28)34)25(33)27(15,35)24(20)32)9-17-18(29(2)3)11-16(23(31)21(12)17)13-6-4-5-7-13/h11,13-15,20,24,31-33,35H,1,4-10H2,2-3H3,(H2,28,34)/t14-,15+,20?,24?,27+/m1/s1. The second-order valence-corrected chi connectivity index (χ2v) is 11.0. The minimum atomic E-state index is -2.19. The van der Waals surface area contributed by atoms with Crippen LogP contribution in [0.5, 0.6) is 5.75 Å². The Kier molecular flexibility index (Phi) is 5.53. The summed E-state index contributed by atoms with van der Waals surface area (Å²) in [4.78, 5) is 26.4. The summed E-state index contributed by atoms with van der Waals surface area (Å²) in [5.74, 6) is -3.78. The van der Waals surface area contributed by atoms with E-state index in [4.69, 9.17) is 5.73 Å². The van der Waals surface area contributed by atoms with Crippen LogP contribution in [0.1, 0.15) is 61.1 Å². The summed E-state index contributed by atoms with van der Waals surface area (Å²) < 4.78 is 0. The molecule has 8 heteroatoms. The lowest BCUT2D eigenvalue weighted by Gasteiger charge is -2.54. The van der Waals surface area contributed by atoms with E-state index in [1.807, 2.05) is 19.0 Å². The average Bonchev–Trinajstić information content (AvgIpc) is 3.30. The Morgan fingerprint density at radius 2 is 1.86 bits per heavy atom. The molecule has 1 aromatic rings. The normalized spacial score (nSPS) is 32.8. The molecule has 1 amide bonds. The summed E-state index contributed by atoms with van der Waals surface area (Å²) in [7, 11) is 3.92. The molecule has 2 saturated carbocycles. The van der Waals surface area contributed by atoms with Gasteiger partial charge in [0.1, 0.15) is 17.1 Å². The molecule has 5 rings (SSSR count). The van der Waals surface area contributed by atoms with E-state index in [1.54, 1.807) is 0 Å². The number of aromatic hydroxyl groups is 1. The van der Waals surface area contributed by atoms with E-state index in [1.165, 1.54) is 0 Å². The number of amides is 1. The van der Waals surface area contributed by atoms with E-state index in [9.17, 15) is 30.0 Å². The predicted molar refractivity (Wildman–Crippen MR) is 131 cm³/mol. The van der Waals surface area contributed by atoms with Gasteiger partial charge in [0.25, 0.3) is 5.91 Å². The van der Waals surface area contributed by atoms with Gasteiger partial charge in [-0.15, -0.1) is 0 Å². The number of phenols is 1. The van der Waals surface area contributed by atoms with E-state index < -0.39 is 46.6 Å². The topological polar surface area (TPSA) is 144 Å². The van der Waals surface area contributed by atoms with Crippen LogP contribution in [-0.4, -0.2) is 57.9 Å². The smallest absolute Gasteiger partial charge is 0.255 e. The predicted octanol–water partition coefficient (Wildman–Crippen LogP) is 2.30. The third kappa shape index (κ3) is 3.26. The van der Waals surface area contributed by atoms with Crippen molar-refractivity contribution in [2.24, 2.45) is 23.5 Å². The molecule has 0 aliphatic heterocycles. The number of fused-ring (bicyclic) bond motifs is 3. The number of ketones is 1. The minimum absolute atomic E-state index is 0.165. The zero-order valence-corrected chi connectivity index (χ0v) is 20.3. The fraction of sp³-hybridized carbons (Fsp3) is 0.556. The first-order chi connectivity index (χ1) is 16.5. The van der Waals surface area contributed by atoms with Crippen molar-refractivity contribution in [2.45, 2.75) is 62.6 Å². The molecule has 35 heavy (non-hydrogen) atoms. The van der Waals surface area contributed by atoms with Crippen LogP contribution in [0.3, 0.4) is 0 Å². The summed E-state index contributed by atoms with van der Waals surface area (Å²) in [5.41, 5.74) is 6.39. The number of hydrogen-bond acceptors (Lipinski definition) is 7. The van der Waals surface area contributed by atoms with Crippen molar-refractivity contribution in [3.8, 4) is 5.75 Å². The van der Waals surface area contributed by atoms with Gasteiger partial charge in [-0.1, -0.05) is 19.4 Å². The maximum Gasteiger partial charge on any atom is 0.255 e.